The standard InChI is InChI=1S/C18H34N4OS/c1-2-19-17(20-14-18(23)7-11-24-15-18)22-10-6-16(13-22)12-21-8-4-3-5-9-21/h16,23H,2-15H2,1H3,(H,19,20). The molecule has 0 spiro atoms. The third kappa shape index (κ3) is 5.02. The van der Waals surface area contributed by atoms with Crippen molar-refractivity contribution in [2.45, 2.75) is 44.6 Å². The number of piperidine rings is 1. The van der Waals surface area contributed by atoms with Crippen molar-refractivity contribution in [2.75, 3.05) is 57.3 Å². The highest BCUT2D eigenvalue weighted by molar-refractivity contribution is 7.99. The van der Waals surface area contributed by atoms with Crippen molar-refractivity contribution < 1.29 is 5.11 Å². The van der Waals surface area contributed by atoms with E-state index in [1.165, 1.54) is 45.3 Å². The van der Waals surface area contributed by atoms with Crippen LogP contribution in [0.3, 0.4) is 0 Å². The zero-order valence-electron chi connectivity index (χ0n) is 15.2. The Morgan fingerprint density at radius 1 is 1.29 bits per heavy atom. The molecule has 138 valence electrons. The van der Waals surface area contributed by atoms with Gasteiger partial charge >= 0.3 is 0 Å². The summed E-state index contributed by atoms with van der Waals surface area (Å²) in [6, 6.07) is 0. The van der Waals surface area contributed by atoms with Crippen LogP contribution in [0.15, 0.2) is 4.99 Å². The average Bonchev–Trinajstić information content (AvgIpc) is 3.22. The molecule has 24 heavy (non-hydrogen) atoms. The SMILES string of the molecule is CCNC(=NCC1(O)CCSC1)N1CCC(CN2CCCCC2)C1. The minimum atomic E-state index is -0.585. The molecule has 3 heterocycles. The van der Waals surface area contributed by atoms with Gasteiger partial charge < -0.3 is 20.2 Å². The molecule has 2 atom stereocenters. The maximum Gasteiger partial charge on any atom is 0.194 e. The Morgan fingerprint density at radius 2 is 2.12 bits per heavy atom. The van der Waals surface area contributed by atoms with E-state index < -0.39 is 5.60 Å². The van der Waals surface area contributed by atoms with Crippen molar-refractivity contribution in [3.8, 4) is 0 Å². The first-order chi connectivity index (χ1) is 11.7. The predicted octanol–water partition coefficient (Wildman–Crippen LogP) is 1.63. The van der Waals surface area contributed by atoms with Gasteiger partial charge in [0.25, 0.3) is 0 Å². The number of aliphatic imine (C=N–C) groups is 1. The summed E-state index contributed by atoms with van der Waals surface area (Å²) in [5, 5.41) is 14.0. The highest BCUT2D eigenvalue weighted by Gasteiger charge is 2.32. The van der Waals surface area contributed by atoms with Gasteiger partial charge in [0.1, 0.15) is 0 Å². The molecule has 3 rings (SSSR count). The summed E-state index contributed by atoms with van der Waals surface area (Å²) in [4.78, 5) is 9.84. The molecule has 2 N–H and O–H groups in total. The maximum absolute atomic E-state index is 10.5. The number of nitrogens with one attached hydrogen (secondary N) is 1. The molecule has 2 unspecified atom stereocenters. The Bertz CT molecular complexity index is 419. The van der Waals surface area contributed by atoms with Crippen molar-refractivity contribution in [1.29, 1.82) is 0 Å². The van der Waals surface area contributed by atoms with E-state index in [2.05, 4.69) is 22.0 Å². The van der Waals surface area contributed by atoms with Gasteiger partial charge in [0.2, 0.25) is 0 Å². The van der Waals surface area contributed by atoms with Crippen molar-refractivity contribution in [2.24, 2.45) is 10.9 Å². The van der Waals surface area contributed by atoms with Gasteiger partial charge in [-0.15, -0.1) is 0 Å². The first-order valence-electron chi connectivity index (χ1n) is 9.74. The molecule has 0 aromatic rings. The molecular weight excluding hydrogens is 320 g/mol. The number of nitrogens with zero attached hydrogens (tertiary/aromatic N) is 3. The van der Waals surface area contributed by atoms with Crippen LogP contribution in [0, 0.1) is 5.92 Å². The van der Waals surface area contributed by atoms with Crippen LogP contribution in [-0.2, 0) is 0 Å². The van der Waals surface area contributed by atoms with Gasteiger partial charge in [-0.3, -0.25) is 4.99 Å². The van der Waals surface area contributed by atoms with E-state index in [4.69, 9.17) is 4.99 Å². The molecule has 0 aromatic carbocycles. The van der Waals surface area contributed by atoms with Gasteiger partial charge in [0.05, 0.1) is 12.1 Å². The van der Waals surface area contributed by atoms with Crippen molar-refractivity contribution in [3.63, 3.8) is 0 Å². The first-order valence-corrected chi connectivity index (χ1v) is 10.9. The fourth-order valence-electron chi connectivity index (χ4n) is 4.05. The fourth-order valence-corrected chi connectivity index (χ4v) is 5.33. The Morgan fingerprint density at radius 3 is 2.83 bits per heavy atom. The van der Waals surface area contributed by atoms with Gasteiger partial charge in [-0.25, -0.2) is 0 Å². The van der Waals surface area contributed by atoms with E-state index in [0.29, 0.717) is 6.54 Å². The smallest absolute Gasteiger partial charge is 0.194 e. The van der Waals surface area contributed by atoms with Gasteiger partial charge in [0, 0.05) is 31.9 Å². The van der Waals surface area contributed by atoms with Crippen LogP contribution in [0.2, 0.25) is 0 Å². The molecule has 0 aliphatic carbocycles. The van der Waals surface area contributed by atoms with Crippen LogP contribution < -0.4 is 5.32 Å². The van der Waals surface area contributed by atoms with Crippen LogP contribution in [0.4, 0.5) is 0 Å². The van der Waals surface area contributed by atoms with Gasteiger partial charge in [-0.2, -0.15) is 11.8 Å². The predicted molar refractivity (Wildman–Crippen MR) is 103 cm³/mol. The fraction of sp³-hybridized carbons (Fsp3) is 0.944. The van der Waals surface area contributed by atoms with Crippen LogP contribution in [0.25, 0.3) is 0 Å². The largest absolute Gasteiger partial charge is 0.387 e. The molecule has 3 saturated heterocycles. The number of rotatable bonds is 5. The maximum atomic E-state index is 10.5. The number of aliphatic hydroxyl groups is 1. The Kier molecular flexibility index (Phi) is 6.70. The molecule has 0 bridgehead atoms. The molecule has 0 aromatic heterocycles. The van der Waals surface area contributed by atoms with E-state index in [0.717, 1.165) is 49.4 Å². The van der Waals surface area contributed by atoms with E-state index >= 15 is 0 Å². The molecular formula is C18H34N4OS. The second-order valence-corrected chi connectivity index (χ2v) is 8.76. The first kappa shape index (κ1) is 18.3. The minimum Gasteiger partial charge on any atom is -0.387 e. The lowest BCUT2D eigenvalue weighted by Crippen LogP contribution is -2.43. The van der Waals surface area contributed by atoms with E-state index in [1.54, 1.807) is 0 Å². The zero-order chi connectivity index (χ0) is 16.8. The van der Waals surface area contributed by atoms with E-state index in [9.17, 15) is 5.11 Å². The van der Waals surface area contributed by atoms with Crippen LogP contribution in [0.5, 0.6) is 0 Å². The second-order valence-electron chi connectivity index (χ2n) is 7.66. The molecule has 3 aliphatic rings. The molecule has 5 nitrogen and oxygen atoms in total. The number of thioether (sulfide) groups is 1. The lowest BCUT2D eigenvalue weighted by Gasteiger charge is -2.29. The summed E-state index contributed by atoms with van der Waals surface area (Å²) in [7, 11) is 0. The summed E-state index contributed by atoms with van der Waals surface area (Å²) in [6.07, 6.45) is 6.29. The number of hydrogen-bond donors (Lipinski definition) is 2. The monoisotopic (exact) mass is 354 g/mol. The molecule has 6 heteroatoms. The summed E-state index contributed by atoms with van der Waals surface area (Å²) in [5.41, 5.74) is -0.585. The second kappa shape index (κ2) is 8.77. The zero-order valence-corrected chi connectivity index (χ0v) is 16.0. The highest BCUT2D eigenvalue weighted by atomic mass is 32.2. The molecule has 0 radical (unpaired) electrons. The molecule has 3 fully saturated rings. The van der Waals surface area contributed by atoms with Gasteiger partial charge in [0.15, 0.2) is 5.96 Å². The van der Waals surface area contributed by atoms with Crippen molar-refractivity contribution >= 4 is 17.7 Å². The lowest BCUT2D eigenvalue weighted by atomic mass is 10.0. The quantitative estimate of drug-likeness (QED) is 0.580. The lowest BCUT2D eigenvalue weighted by molar-refractivity contribution is 0.0776. The summed E-state index contributed by atoms with van der Waals surface area (Å²) >= 11 is 1.84. The third-order valence-electron chi connectivity index (χ3n) is 5.49. The van der Waals surface area contributed by atoms with E-state index in [1.807, 2.05) is 11.8 Å². The Hall–Kier alpha value is -0.460. The molecule has 0 saturated carbocycles. The number of likely N-dealkylation sites (tertiary alicyclic amines) is 2. The third-order valence-corrected chi connectivity index (χ3v) is 6.73. The summed E-state index contributed by atoms with van der Waals surface area (Å²) < 4.78 is 0. The van der Waals surface area contributed by atoms with Gasteiger partial charge in [-0.05, 0) is 57.4 Å². The minimum absolute atomic E-state index is 0.537. The van der Waals surface area contributed by atoms with E-state index in [-0.39, 0.29) is 0 Å². The summed E-state index contributed by atoms with van der Waals surface area (Å²) in [5.74, 6) is 3.65. The Labute approximate surface area is 151 Å². The van der Waals surface area contributed by atoms with Crippen molar-refractivity contribution in [1.82, 2.24) is 15.1 Å². The highest BCUT2D eigenvalue weighted by Crippen LogP contribution is 2.28. The van der Waals surface area contributed by atoms with Crippen LogP contribution in [0.1, 0.15) is 39.0 Å². The summed E-state index contributed by atoms with van der Waals surface area (Å²) in [6.45, 7) is 9.57. The number of hydrogen-bond acceptors (Lipinski definition) is 4. The van der Waals surface area contributed by atoms with Crippen LogP contribution in [-0.4, -0.2) is 83.8 Å². The normalized spacial score (nSPS) is 32.5. The molecule has 0 amide bonds. The van der Waals surface area contributed by atoms with Gasteiger partial charge in [-0.1, -0.05) is 6.42 Å². The average molecular weight is 355 g/mol. The van der Waals surface area contributed by atoms with Crippen molar-refractivity contribution in [3.05, 3.63) is 0 Å². The Balaban J connectivity index is 1.52. The van der Waals surface area contributed by atoms with Crippen LogP contribution >= 0.6 is 11.8 Å². The topological polar surface area (TPSA) is 51.1 Å². The molecule has 3 aliphatic heterocycles. The number of guanidine groups is 1.